The van der Waals surface area contributed by atoms with Crippen molar-refractivity contribution in [1.82, 2.24) is 5.32 Å². The number of unbranched alkanes of at least 4 members (excludes halogenated alkanes) is 14. The lowest BCUT2D eigenvalue weighted by Gasteiger charge is -2.05. The molecular weight excluding hydrogens is 314 g/mol. The molecule has 0 radical (unpaired) electrons. The molecule has 0 rings (SSSR count). The minimum absolute atomic E-state index is 0. The maximum absolute atomic E-state index is 3.40. The molecule has 1 nitrogen and oxygen atoms in total. The van der Waals surface area contributed by atoms with Crippen molar-refractivity contribution in [3.05, 3.63) is 0 Å². The van der Waals surface area contributed by atoms with Crippen molar-refractivity contribution in [2.24, 2.45) is 5.92 Å². The molecule has 0 aromatic heterocycles. The summed E-state index contributed by atoms with van der Waals surface area (Å²) in [6.45, 7) is 9.20. The number of nitrogens with one attached hydrogen (secondary N) is 1. The largest absolute Gasteiger partial charge is 0.317 e. The van der Waals surface area contributed by atoms with Crippen LogP contribution in [0.1, 0.15) is 124 Å². The molecule has 2 heteroatoms. The number of hydrogen-bond donors (Lipinski definition) is 1. The Morgan fingerprint density at radius 1 is 0.542 bits per heavy atom. The van der Waals surface area contributed by atoms with Crippen LogP contribution in [0.15, 0.2) is 0 Å². The van der Waals surface area contributed by atoms with Gasteiger partial charge in [-0.1, -0.05) is 117 Å². The molecule has 148 valence electrons. The molecule has 0 aliphatic heterocycles. The number of hydrogen-bond acceptors (Lipinski definition) is 1. The van der Waals surface area contributed by atoms with Crippen molar-refractivity contribution >= 4 is 12.4 Å². The van der Waals surface area contributed by atoms with Gasteiger partial charge in [0.25, 0.3) is 0 Å². The van der Waals surface area contributed by atoms with Crippen molar-refractivity contribution in [2.75, 3.05) is 13.1 Å². The summed E-state index contributed by atoms with van der Waals surface area (Å²) in [5, 5.41) is 3.40. The van der Waals surface area contributed by atoms with Crippen molar-refractivity contribution < 1.29 is 0 Å². The quantitative estimate of drug-likeness (QED) is 0.230. The third kappa shape index (κ3) is 24.5. The van der Waals surface area contributed by atoms with E-state index in [0.717, 1.165) is 12.5 Å². The van der Waals surface area contributed by atoms with E-state index in [4.69, 9.17) is 0 Å². The van der Waals surface area contributed by atoms with Crippen LogP contribution in [0.3, 0.4) is 0 Å². The van der Waals surface area contributed by atoms with Gasteiger partial charge in [-0.05, 0) is 25.4 Å². The van der Waals surface area contributed by atoms with E-state index >= 15 is 0 Å². The summed E-state index contributed by atoms with van der Waals surface area (Å²) in [5.74, 6) is 0.896. The van der Waals surface area contributed by atoms with E-state index in [-0.39, 0.29) is 12.4 Å². The van der Waals surface area contributed by atoms with Crippen LogP contribution >= 0.6 is 12.4 Å². The van der Waals surface area contributed by atoms with Gasteiger partial charge < -0.3 is 5.32 Å². The predicted octanol–water partition coefficient (Wildman–Crippen LogP) is 7.92. The van der Waals surface area contributed by atoms with Crippen LogP contribution in [-0.2, 0) is 0 Å². The first kappa shape index (κ1) is 26.5. The molecule has 0 atom stereocenters. The predicted molar refractivity (Wildman–Crippen MR) is 115 cm³/mol. The fourth-order valence-electron chi connectivity index (χ4n) is 3.28. The van der Waals surface area contributed by atoms with E-state index < -0.39 is 0 Å². The van der Waals surface area contributed by atoms with Gasteiger partial charge in [0.15, 0.2) is 0 Å². The van der Waals surface area contributed by atoms with Crippen LogP contribution in [0.25, 0.3) is 0 Å². The topological polar surface area (TPSA) is 12.0 Å². The fourth-order valence-corrected chi connectivity index (χ4v) is 3.28. The molecule has 24 heavy (non-hydrogen) atoms. The Balaban J connectivity index is 0. The first-order valence-electron chi connectivity index (χ1n) is 11.0. The molecule has 0 spiro atoms. The summed E-state index contributed by atoms with van der Waals surface area (Å²) in [6, 6.07) is 0. The molecule has 0 aliphatic carbocycles. The molecule has 0 fully saturated rings. The summed E-state index contributed by atoms with van der Waals surface area (Å²) in [4.78, 5) is 0. The Morgan fingerprint density at radius 3 is 1.21 bits per heavy atom. The number of halogens is 1. The smallest absolute Gasteiger partial charge is 0.00490 e. The molecule has 0 saturated carbocycles. The second kappa shape index (κ2) is 23.2. The van der Waals surface area contributed by atoms with E-state index in [2.05, 4.69) is 26.1 Å². The Hall–Kier alpha value is 0.250. The summed E-state index contributed by atoms with van der Waals surface area (Å²) < 4.78 is 0. The van der Waals surface area contributed by atoms with Gasteiger partial charge in [0.1, 0.15) is 0 Å². The van der Waals surface area contributed by atoms with Crippen LogP contribution in [0.2, 0.25) is 0 Å². The van der Waals surface area contributed by atoms with Gasteiger partial charge in [0.05, 0.1) is 0 Å². The second-order valence-electron chi connectivity index (χ2n) is 7.84. The van der Waals surface area contributed by atoms with E-state index in [0.29, 0.717) is 0 Å². The molecule has 0 amide bonds. The molecule has 0 unspecified atom stereocenters. The van der Waals surface area contributed by atoms with Gasteiger partial charge in [-0.3, -0.25) is 0 Å². The zero-order chi connectivity index (χ0) is 17.0. The monoisotopic (exact) mass is 361 g/mol. The average Bonchev–Trinajstić information content (AvgIpc) is 2.53. The van der Waals surface area contributed by atoms with Gasteiger partial charge in [0, 0.05) is 0 Å². The van der Waals surface area contributed by atoms with Gasteiger partial charge >= 0.3 is 0 Å². The maximum atomic E-state index is 3.40. The summed E-state index contributed by atoms with van der Waals surface area (Å²) in [6.07, 6.45) is 23.3. The van der Waals surface area contributed by atoms with Crippen LogP contribution < -0.4 is 5.32 Å². The average molecular weight is 362 g/mol. The van der Waals surface area contributed by atoms with Gasteiger partial charge in [-0.15, -0.1) is 12.4 Å². The Labute approximate surface area is 160 Å². The van der Waals surface area contributed by atoms with Crippen LogP contribution in [0.4, 0.5) is 0 Å². The fraction of sp³-hybridized carbons (Fsp3) is 1.00. The summed E-state index contributed by atoms with van der Waals surface area (Å²) >= 11 is 0. The van der Waals surface area contributed by atoms with Crippen molar-refractivity contribution in [3.63, 3.8) is 0 Å². The Morgan fingerprint density at radius 2 is 0.875 bits per heavy atom. The van der Waals surface area contributed by atoms with Crippen LogP contribution in [0.5, 0.6) is 0 Å². The molecule has 0 heterocycles. The van der Waals surface area contributed by atoms with Crippen molar-refractivity contribution in [3.8, 4) is 0 Å². The molecule has 0 bridgehead atoms. The Kier molecular flexibility index (Phi) is 25.7. The summed E-state index contributed by atoms with van der Waals surface area (Å²) in [7, 11) is 0. The molecule has 0 aromatic rings. The summed E-state index contributed by atoms with van der Waals surface area (Å²) in [5.41, 5.74) is 0. The minimum atomic E-state index is 0. The third-order valence-electron chi connectivity index (χ3n) is 4.89. The standard InChI is InChI=1S/C22H47N.ClH/c1-4-23-21-19-17-15-13-11-9-7-5-6-8-10-12-14-16-18-20-22(2)3;/h22-23H,4-21H2,1-3H3;1H. The van der Waals surface area contributed by atoms with E-state index in [9.17, 15) is 0 Å². The third-order valence-corrected chi connectivity index (χ3v) is 4.89. The maximum Gasteiger partial charge on any atom is -0.00490 e. The first-order valence-corrected chi connectivity index (χ1v) is 11.0. The highest BCUT2D eigenvalue weighted by Crippen LogP contribution is 2.14. The van der Waals surface area contributed by atoms with Gasteiger partial charge in [-0.25, -0.2) is 0 Å². The van der Waals surface area contributed by atoms with Gasteiger partial charge in [-0.2, -0.15) is 0 Å². The lowest BCUT2D eigenvalue weighted by Crippen LogP contribution is -2.13. The van der Waals surface area contributed by atoms with E-state index in [1.54, 1.807) is 0 Å². The van der Waals surface area contributed by atoms with Crippen LogP contribution in [-0.4, -0.2) is 13.1 Å². The minimum Gasteiger partial charge on any atom is -0.317 e. The Bertz CT molecular complexity index is 206. The van der Waals surface area contributed by atoms with Crippen molar-refractivity contribution in [2.45, 2.75) is 124 Å². The highest BCUT2D eigenvalue weighted by atomic mass is 35.5. The highest BCUT2D eigenvalue weighted by molar-refractivity contribution is 5.85. The molecule has 0 aliphatic rings. The lowest BCUT2D eigenvalue weighted by molar-refractivity contribution is 0.501. The molecule has 0 saturated heterocycles. The zero-order valence-corrected chi connectivity index (χ0v) is 18.0. The van der Waals surface area contributed by atoms with E-state index in [1.807, 2.05) is 0 Å². The normalized spacial score (nSPS) is 11.0. The zero-order valence-electron chi connectivity index (χ0n) is 17.2. The molecule has 0 aromatic carbocycles. The first-order chi connectivity index (χ1) is 11.3. The highest BCUT2D eigenvalue weighted by Gasteiger charge is 1.96. The van der Waals surface area contributed by atoms with Crippen molar-refractivity contribution in [1.29, 1.82) is 0 Å². The van der Waals surface area contributed by atoms with Crippen LogP contribution in [0, 0.1) is 5.92 Å². The number of rotatable bonds is 19. The SMILES string of the molecule is CCNCCCCCCCCCCCCCCCCCC(C)C.Cl. The van der Waals surface area contributed by atoms with E-state index in [1.165, 1.54) is 109 Å². The molecular formula is C22H48ClN. The molecule has 1 N–H and O–H groups in total. The second-order valence-corrected chi connectivity index (χ2v) is 7.84. The van der Waals surface area contributed by atoms with Gasteiger partial charge in [0.2, 0.25) is 0 Å². The lowest BCUT2D eigenvalue weighted by atomic mass is 10.0.